The number of pyridine rings is 1. The van der Waals surface area contributed by atoms with Crippen LogP contribution in [0.2, 0.25) is 0 Å². The van der Waals surface area contributed by atoms with Crippen molar-refractivity contribution in [1.82, 2.24) is 28.7 Å². The van der Waals surface area contributed by atoms with E-state index in [1.54, 1.807) is 14.0 Å². The Morgan fingerprint density at radius 1 is 1.17 bits per heavy atom. The van der Waals surface area contributed by atoms with Crippen molar-refractivity contribution in [2.45, 2.75) is 69.7 Å². The van der Waals surface area contributed by atoms with Gasteiger partial charge in [-0.3, -0.25) is 4.79 Å². The van der Waals surface area contributed by atoms with Gasteiger partial charge in [0.1, 0.15) is 16.9 Å². The largest absolute Gasteiger partial charge is 0.494 e. The first-order chi connectivity index (χ1) is 20.0. The third-order valence-corrected chi connectivity index (χ3v) is 9.97. The van der Waals surface area contributed by atoms with Crippen LogP contribution in [0.25, 0.3) is 33.6 Å². The number of nitrogens with two attached hydrogens (primary N) is 1. The number of hydrogen-bond acceptors (Lipinski definition) is 7. The SMILES string of the molecule is COc1cc(C(=O)N2[C@H]3CC[C@@H]2[C@H](N)C3)cc2nc(-c3cc4ccc([C@@H](C)NS(C)(=O)=O)nc4n3CC3CC3)n(C)c12. The quantitative estimate of drug-likeness (QED) is 0.321. The molecular formula is C30H37N7O4S. The predicted molar refractivity (Wildman–Crippen MR) is 161 cm³/mol. The van der Waals surface area contributed by atoms with Crippen LogP contribution in [-0.2, 0) is 23.6 Å². The summed E-state index contributed by atoms with van der Waals surface area (Å²) in [6.45, 7) is 2.59. The highest BCUT2D eigenvalue weighted by Crippen LogP contribution is 2.40. The summed E-state index contributed by atoms with van der Waals surface area (Å²) in [5.41, 5.74) is 10.8. The van der Waals surface area contributed by atoms with Crippen LogP contribution in [0.1, 0.15) is 61.1 Å². The molecule has 2 aliphatic heterocycles. The van der Waals surface area contributed by atoms with E-state index in [9.17, 15) is 13.2 Å². The Kier molecular flexibility index (Phi) is 6.37. The van der Waals surface area contributed by atoms with E-state index in [1.165, 1.54) is 0 Å². The topological polar surface area (TPSA) is 137 Å². The molecule has 222 valence electrons. The lowest BCUT2D eigenvalue weighted by Gasteiger charge is -2.23. The Hall–Kier alpha value is -3.48. The summed E-state index contributed by atoms with van der Waals surface area (Å²) in [5, 5.41) is 0.955. The average molecular weight is 592 g/mol. The summed E-state index contributed by atoms with van der Waals surface area (Å²) in [7, 11) is 0.196. The number of sulfonamides is 1. The third-order valence-electron chi connectivity index (χ3n) is 9.19. The van der Waals surface area contributed by atoms with Crippen LogP contribution < -0.4 is 15.2 Å². The number of carbonyl (C=O) groups excluding carboxylic acids is 1. The van der Waals surface area contributed by atoms with Gasteiger partial charge in [-0.25, -0.2) is 23.1 Å². The zero-order chi connectivity index (χ0) is 29.5. The fourth-order valence-corrected chi connectivity index (χ4v) is 7.78. The number of carbonyl (C=O) groups is 1. The Labute approximate surface area is 245 Å². The van der Waals surface area contributed by atoms with E-state index in [0.29, 0.717) is 28.4 Å². The zero-order valence-corrected chi connectivity index (χ0v) is 25.2. The molecule has 4 aromatic rings. The monoisotopic (exact) mass is 591 g/mol. The van der Waals surface area contributed by atoms with Crippen molar-refractivity contribution in [2.24, 2.45) is 18.7 Å². The highest BCUT2D eigenvalue weighted by Gasteiger charge is 2.47. The lowest BCUT2D eigenvalue weighted by Crippen LogP contribution is -2.40. The van der Waals surface area contributed by atoms with E-state index < -0.39 is 16.1 Å². The second-order valence-electron chi connectivity index (χ2n) is 12.3. The normalized spacial score (nSPS) is 22.9. The molecule has 3 aromatic heterocycles. The number of hydrogen-bond donors (Lipinski definition) is 2. The number of ether oxygens (including phenoxy) is 1. The number of aromatic nitrogens is 4. The molecule has 1 aromatic carbocycles. The summed E-state index contributed by atoms with van der Waals surface area (Å²) >= 11 is 0. The van der Waals surface area contributed by atoms with Crippen LogP contribution in [0.5, 0.6) is 5.75 Å². The van der Waals surface area contributed by atoms with Gasteiger partial charge in [-0.15, -0.1) is 0 Å². The van der Waals surface area contributed by atoms with Crippen molar-refractivity contribution in [2.75, 3.05) is 13.4 Å². The number of fused-ring (bicyclic) bond motifs is 4. The van der Waals surface area contributed by atoms with Crippen LogP contribution >= 0.6 is 0 Å². The highest BCUT2D eigenvalue weighted by molar-refractivity contribution is 7.88. The van der Waals surface area contributed by atoms with Gasteiger partial charge in [0.15, 0.2) is 5.82 Å². The molecular weight excluding hydrogens is 554 g/mol. The molecule has 3 aliphatic rings. The fourth-order valence-electron chi connectivity index (χ4n) is 7.01. The molecule has 12 heteroatoms. The van der Waals surface area contributed by atoms with Gasteiger partial charge in [-0.05, 0) is 75.3 Å². The first kappa shape index (κ1) is 27.4. The first-order valence-electron chi connectivity index (χ1n) is 14.6. The smallest absolute Gasteiger partial charge is 0.254 e. The molecule has 2 saturated heterocycles. The molecule has 3 N–H and O–H groups in total. The molecule has 0 radical (unpaired) electrons. The summed E-state index contributed by atoms with van der Waals surface area (Å²) in [5.74, 6) is 1.89. The first-order valence-corrected chi connectivity index (χ1v) is 16.5. The Balaban J connectivity index is 1.33. The maximum atomic E-state index is 13.7. The molecule has 5 heterocycles. The van der Waals surface area contributed by atoms with Crippen molar-refractivity contribution in [3.05, 3.63) is 41.6 Å². The molecule has 1 saturated carbocycles. The maximum absolute atomic E-state index is 13.7. The van der Waals surface area contributed by atoms with Crippen LogP contribution in [0.4, 0.5) is 0 Å². The van der Waals surface area contributed by atoms with E-state index in [0.717, 1.165) is 73.0 Å². The van der Waals surface area contributed by atoms with Gasteiger partial charge in [0.2, 0.25) is 10.0 Å². The van der Waals surface area contributed by atoms with Gasteiger partial charge < -0.3 is 24.5 Å². The van der Waals surface area contributed by atoms with Crippen LogP contribution in [0.3, 0.4) is 0 Å². The number of rotatable bonds is 8. The van der Waals surface area contributed by atoms with Gasteiger partial charge >= 0.3 is 0 Å². The van der Waals surface area contributed by atoms with Gasteiger partial charge in [0.25, 0.3) is 5.91 Å². The minimum Gasteiger partial charge on any atom is -0.494 e. The number of aryl methyl sites for hydroxylation is 1. The van der Waals surface area contributed by atoms with E-state index in [1.807, 2.05) is 40.8 Å². The van der Waals surface area contributed by atoms with Crippen LogP contribution in [0.15, 0.2) is 30.3 Å². The van der Waals surface area contributed by atoms with Crippen molar-refractivity contribution < 1.29 is 17.9 Å². The second-order valence-corrected chi connectivity index (χ2v) is 14.1. The minimum absolute atomic E-state index is 0.0146. The summed E-state index contributed by atoms with van der Waals surface area (Å²) in [4.78, 5) is 25.7. The van der Waals surface area contributed by atoms with E-state index in [-0.39, 0.29) is 24.0 Å². The molecule has 11 nitrogen and oxygen atoms in total. The van der Waals surface area contributed by atoms with Gasteiger partial charge in [0.05, 0.1) is 36.3 Å². The van der Waals surface area contributed by atoms with Crippen molar-refractivity contribution >= 4 is 38.0 Å². The Morgan fingerprint density at radius 2 is 1.95 bits per heavy atom. The average Bonchev–Trinajstić information content (AvgIpc) is 3.26. The Morgan fingerprint density at radius 3 is 2.60 bits per heavy atom. The third kappa shape index (κ3) is 4.56. The van der Waals surface area contributed by atoms with Crippen LogP contribution in [-0.4, -0.2) is 69.8 Å². The standard InChI is InChI=1S/C30H37N7O4S/c1-16(34-42(4,39)40)22-9-7-18-12-25(36(28(18)32-22)15-17-5-6-17)29-33-23-11-19(13-26(41-3)27(23)35(29)2)30(38)37-20-8-10-24(37)21(31)14-20/h7,9,11-13,16-17,20-21,24,34H,5-6,8,10,14-15,31H2,1-4H3/t16-,20+,21-,24-/m1/s1. The summed E-state index contributed by atoms with van der Waals surface area (Å²) < 4.78 is 36.4. The molecule has 0 spiro atoms. The molecule has 7 rings (SSSR count). The molecule has 4 atom stereocenters. The molecule has 1 aliphatic carbocycles. The lowest BCUT2D eigenvalue weighted by molar-refractivity contribution is 0.0726. The Bertz CT molecular complexity index is 1840. The van der Waals surface area contributed by atoms with Crippen molar-refractivity contribution in [3.8, 4) is 17.3 Å². The van der Waals surface area contributed by atoms with Crippen LogP contribution in [0, 0.1) is 5.92 Å². The number of nitrogens with zero attached hydrogens (tertiary/aromatic N) is 5. The van der Waals surface area contributed by atoms with Gasteiger partial charge in [-0.2, -0.15) is 0 Å². The number of nitrogens with one attached hydrogen (secondary N) is 1. The number of benzene rings is 1. The van der Waals surface area contributed by atoms with Gasteiger partial charge in [0, 0.05) is 42.7 Å². The lowest BCUT2D eigenvalue weighted by atomic mass is 9.97. The maximum Gasteiger partial charge on any atom is 0.254 e. The van der Waals surface area contributed by atoms with Gasteiger partial charge in [-0.1, -0.05) is 0 Å². The molecule has 3 fully saturated rings. The van der Waals surface area contributed by atoms with E-state index in [4.69, 9.17) is 20.4 Å². The minimum atomic E-state index is -3.38. The van der Waals surface area contributed by atoms with Crippen molar-refractivity contribution in [1.29, 1.82) is 0 Å². The molecule has 2 bridgehead atoms. The predicted octanol–water partition coefficient (Wildman–Crippen LogP) is 3.32. The number of methoxy groups -OCH3 is 1. The molecule has 42 heavy (non-hydrogen) atoms. The van der Waals surface area contributed by atoms with E-state index >= 15 is 0 Å². The zero-order valence-electron chi connectivity index (χ0n) is 24.4. The fraction of sp³-hybridized carbons (Fsp3) is 0.500. The second kappa shape index (κ2) is 9.78. The highest BCUT2D eigenvalue weighted by atomic mass is 32.2. The summed E-state index contributed by atoms with van der Waals surface area (Å²) in [6.07, 6.45) is 6.29. The molecule has 1 amide bonds. The van der Waals surface area contributed by atoms with Crippen molar-refractivity contribution in [3.63, 3.8) is 0 Å². The van der Waals surface area contributed by atoms with E-state index in [2.05, 4.69) is 15.4 Å². The molecule has 0 unspecified atom stereocenters. The number of imidazole rings is 1. The number of amides is 1. The summed E-state index contributed by atoms with van der Waals surface area (Å²) in [6, 6.07) is 9.49.